The SMILES string of the molecule is [C-]#[N+]c1ccccc1N(c1ccc(-c2ccc3ccccc3c2)cc1)c1ccc2c(c1)C(C)(C)c1cc3cc(N(c4ccc(-c5ccc6ccccc6c5)cc4)c4ccccc4[N+]#[C-])ccc3cc1-2. The average molecular weight is 881 g/mol. The van der Waals surface area contributed by atoms with E-state index in [4.69, 9.17) is 13.1 Å². The molecule has 1 aliphatic carbocycles. The molecule has 0 aromatic heterocycles. The zero-order chi connectivity index (χ0) is 46.6. The third-order valence-electron chi connectivity index (χ3n) is 14.0. The van der Waals surface area contributed by atoms with E-state index in [2.05, 4.69) is 215 Å². The monoisotopic (exact) mass is 880 g/mol. The molecule has 0 atom stereocenters. The molecule has 324 valence electrons. The lowest BCUT2D eigenvalue weighted by Gasteiger charge is -2.29. The molecule has 11 aromatic rings. The molecule has 0 fully saturated rings. The van der Waals surface area contributed by atoms with Crippen molar-refractivity contribution in [2.45, 2.75) is 19.3 Å². The lowest BCUT2D eigenvalue weighted by Crippen LogP contribution is -2.16. The molecule has 0 N–H and O–H groups in total. The molecule has 0 heterocycles. The Morgan fingerprint density at radius 1 is 0.319 bits per heavy atom. The van der Waals surface area contributed by atoms with Crippen LogP contribution in [-0.4, -0.2) is 0 Å². The van der Waals surface area contributed by atoms with Crippen molar-refractivity contribution in [1.82, 2.24) is 0 Å². The molecular formula is C65H44N4. The van der Waals surface area contributed by atoms with Crippen LogP contribution in [0.3, 0.4) is 0 Å². The van der Waals surface area contributed by atoms with E-state index in [9.17, 15) is 0 Å². The first-order valence-corrected chi connectivity index (χ1v) is 23.3. The van der Waals surface area contributed by atoms with Crippen molar-refractivity contribution < 1.29 is 0 Å². The summed E-state index contributed by atoms with van der Waals surface area (Å²) in [4.78, 5) is 12.4. The maximum Gasteiger partial charge on any atom is 0.210 e. The number of fused-ring (bicyclic) bond motifs is 6. The van der Waals surface area contributed by atoms with Gasteiger partial charge >= 0.3 is 0 Å². The summed E-state index contributed by atoms with van der Waals surface area (Å²) < 4.78 is 0. The standard InChI is InChI=1S/C65H44N4/c1-65(2)59-41-52-39-55(68(63-19-11-9-17-61(63)66-3)53-30-25-45(26-31-53)49-23-21-43-13-5-7-15-47(43)37-49)34-29-51(52)40-58(59)57-36-35-56(42-60(57)65)69(64-20-12-10-18-62(64)67-4)54-32-27-46(28-33-54)50-24-22-44-14-6-8-16-48(44)38-50/h5-42H,1-2H3. The van der Waals surface area contributed by atoms with Crippen LogP contribution in [0.5, 0.6) is 0 Å². The number of nitrogens with zero attached hydrogens (tertiary/aromatic N) is 4. The number of anilines is 6. The summed E-state index contributed by atoms with van der Waals surface area (Å²) in [6.07, 6.45) is 0. The van der Waals surface area contributed by atoms with Crippen LogP contribution < -0.4 is 9.80 Å². The smallest absolute Gasteiger partial charge is 0.210 e. The molecule has 4 heteroatoms. The van der Waals surface area contributed by atoms with Crippen molar-refractivity contribution in [3.63, 3.8) is 0 Å². The van der Waals surface area contributed by atoms with E-state index in [0.29, 0.717) is 11.4 Å². The maximum atomic E-state index is 8.16. The van der Waals surface area contributed by atoms with Crippen LogP contribution in [0.25, 0.3) is 75.4 Å². The van der Waals surface area contributed by atoms with Crippen molar-refractivity contribution in [2.75, 3.05) is 9.80 Å². The highest BCUT2D eigenvalue weighted by atomic mass is 15.2. The molecule has 69 heavy (non-hydrogen) atoms. The van der Waals surface area contributed by atoms with Crippen molar-refractivity contribution in [1.29, 1.82) is 0 Å². The Bertz CT molecular complexity index is 3910. The van der Waals surface area contributed by atoms with Gasteiger partial charge in [-0.3, -0.25) is 0 Å². The lowest BCUT2D eigenvalue weighted by atomic mass is 9.81. The van der Waals surface area contributed by atoms with Crippen LogP contribution in [0.1, 0.15) is 25.0 Å². The Morgan fingerprint density at radius 2 is 0.725 bits per heavy atom. The van der Waals surface area contributed by atoms with Gasteiger partial charge in [0, 0.05) is 28.2 Å². The molecule has 0 radical (unpaired) electrons. The highest BCUT2D eigenvalue weighted by Crippen LogP contribution is 2.53. The normalized spacial score (nSPS) is 12.3. The Labute approximate surface area is 402 Å². The summed E-state index contributed by atoms with van der Waals surface area (Å²) in [5, 5.41) is 7.15. The molecule has 0 aliphatic heterocycles. The molecule has 1 aliphatic rings. The Morgan fingerprint density at radius 3 is 1.26 bits per heavy atom. The molecular weight excluding hydrogens is 837 g/mol. The second-order valence-electron chi connectivity index (χ2n) is 18.4. The topological polar surface area (TPSA) is 15.2 Å². The van der Waals surface area contributed by atoms with E-state index in [0.717, 1.165) is 67.2 Å². The number of hydrogen-bond acceptors (Lipinski definition) is 2. The van der Waals surface area contributed by atoms with Crippen LogP contribution in [-0.2, 0) is 5.41 Å². The number of rotatable bonds is 8. The van der Waals surface area contributed by atoms with Crippen molar-refractivity contribution in [3.05, 3.63) is 264 Å². The van der Waals surface area contributed by atoms with Crippen LogP contribution in [0.15, 0.2) is 231 Å². The van der Waals surface area contributed by atoms with Crippen LogP contribution in [0.4, 0.5) is 45.5 Å². The highest BCUT2D eigenvalue weighted by molar-refractivity contribution is 5.98. The van der Waals surface area contributed by atoms with Crippen molar-refractivity contribution in [2.24, 2.45) is 0 Å². The van der Waals surface area contributed by atoms with Gasteiger partial charge in [0.15, 0.2) is 0 Å². The summed E-state index contributed by atoms with van der Waals surface area (Å²) in [6.45, 7) is 21.0. The molecule has 0 saturated carbocycles. The van der Waals surface area contributed by atoms with E-state index >= 15 is 0 Å². The molecule has 0 spiro atoms. The molecule has 4 nitrogen and oxygen atoms in total. The summed E-state index contributed by atoms with van der Waals surface area (Å²) in [5.41, 5.74) is 16.0. The third kappa shape index (κ3) is 7.15. The second kappa shape index (κ2) is 16.6. The second-order valence-corrected chi connectivity index (χ2v) is 18.4. The third-order valence-corrected chi connectivity index (χ3v) is 14.0. The average Bonchev–Trinajstić information content (AvgIpc) is 3.62. The van der Waals surface area contributed by atoms with Gasteiger partial charge in [-0.15, -0.1) is 0 Å². The van der Waals surface area contributed by atoms with Crippen molar-refractivity contribution in [3.8, 4) is 33.4 Å². The van der Waals surface area contributed by atoms with Gasteiger partial charge in [0.2, 0.25) is 11.4 Å². The minimum absolute atomic E-state index is 0.329. The van der Waals surface area contributed by atoms with Gasteiger partial charge in [0.25, 0.3) is 0 Å². The fourth-order valence-corrected chi connectivity index (χ4v) is 10.4. The minimum Gasteiger partial charge on any atom is -0.320 e. The molecule has 12 rings (SSSR count). The fourth-order valence-electron chi connectivity index (χ4n) is 10.4. The maximum absolute atomic E-state index is 8.16. The molecule has 0 amide bonds. The quantitative estimate of drug-likeness (QED) is 0.141. The van der Waals surface area contributed by atoms with E-state index in [1.807, 2.05) is 48.5 Å². The summed E-state index contributed by atoms with van der Waals surface area (Å²) in [6, 6.07) is 81.4. The molecule has 11 aromatic carbocycles. The first-order chi connectivity index (χ1) is 33.8. The van der Waals surface area contributed by atoms with Gasteiger partial charge in [-0.1, -0.05) is 159 Å². The van der Waals surface area contributed by atoms with Crippen LogP contribution >= 0.6 is 0 Å². The summed E-state index contributed by atoms with van der Waals surface area (Å²) in [5.74, 6) is 0. The fraction of sp³-hybridized carbons (Fsp3) is 0.0462. The van der Waals surface area contributed by atoms with Gasteiger partial charge in [-0.2, -0.15) is 0 Å². The first kappa shape index (κ1) is 41.2. The van der Waals surface area contributed by atoms with Gasteiger partial charge in [0.05, 0.1) is 24.5 Å². The number of benzene rings is 11. The van der Waals surface area contributed by atoms with E-state index in [1.54, 1.807) is 0 Å². The first-order valence-electron chi connectivity index (χ1n) is 23.3. The lowest BCUT2D eigenvalue weighted by molar-refractivity contribution is 0.661. The van der Waals surface area contributed by atoms with Gasteiger partial charge in [0.1, 0.15) is 0 Å². The summed E-state index contributed by atoms with van der Waals surface area (Å²) in [7, 11) is 0. The summed E-state index contributed by atoms with van der Waals surface area (Å²) >= 11 is 0. The number of hydrogen-bond donors (Lipinski definition) is 0. The van der Waals surface area contributed by atoms with Crippen LogP contribution in [0, 0.1) is 13.1 Å². The van der Waals surface area contributed by atoms with Crippen LogP contribution in [0.2, 0.25) is 0 Å². The molecule has 0 saturated heterocycles. The van der Waals surface area contributed by atoms with E-state index in [-0.39, 0.29) is 5.41 Å². The van der Waals surface area contributed by atoms with Crippen molar-refractivity contribution >= 4 is 77.8 Å². The van der Waals surface area contributed by atoms with Gasteiger partial charge in [-0.25, -0.2) is 9.69 Å². The Hall–Kier alpha value is -9.22. The van der Waals surface area contributed by atoms with Gasteiger partial charge < -0.3 is 9.80 Å². The highest BCUT2D eigenvalue weighted by Gasteiger charge is 2.36. The molecule has 0 unspecified atom stereocenters. The van der Waals surface area contributed by atoms with E-state index < -0.39 is 0 Å². The Balaban J connectivity index is 0.920. The largest absolute Gasteiger partial charge is 0.320 e. The zero-order valence-corrected chi connectivity index (χ0v) is 38.2. The Kier molecular flexibility index (Phi) is 9.91. The predicted molar refractivity (Wildman–Crippen MR) is 289 cm³/mol. The van der Waals surface area contributed by atoms with Gasteiger partial charge in [-0.05, 0) is 162 Å². The van der Waals surface area contributed by atoms with E-state index in [1.165, 1.54) is 43.8 Å². The zero-order valence-electron chi connectivity index (χ0n) is 38.2. The number of para-hydroxylation sites is 4. The minimum atomic E-state index is -0.329. The molecule has 0 bridgehead atoms. The predicted octanol–water partition coefficient (Wildman–Crippen LogP) is 18.8.